The molecular weight excluding hydrogens is 309 g/mol. The van der Waals surface area contributed by atoms with Crippen LogP contribution in [0, 0.1) is 5.82 Å². The van der Waals surface area contributed by atoms with Crippen LogP contribution in [0.4, 0.5) is 4.39 Å². The number of halogens is 2. The summed E-state index contributed by atoms with van der Waals surface area (Å²) in [7, 11) is 1.26. The number of aromatic nitrogens is 1. The van der Waals surface area contributed by atoms with Crippen LogP contribution in [0.2, 0.25) is 0 Å². The van der Waals surface area contributed by atoms with E-state index < -0.39 is 11.8 Å². The van der Waals surface area contributed by atoms with Crippen molar-refractivity contribution in [1.82, 2.24) is 4.37 Å². The van der Waals surface area contributed by atoms with E-state index in [4.69, 9.17) is 0 Å². The summed E-state index contributed by atoms with van der Waals surface area (Å²) in [5.74, 6) is -1.05. The van der Waals surface area contributed by atoms with Crippen molar-refractivity contribution in [3.05, 3.63) is 39.6 Å². The number of benzene rings is 1. The molecule has 0 atom stereocenters. The highest BCUT2D eigenvalue weighted by Crippen LogP contribution is 2.30. The Hall–Kier alpha value is -1.27. The lowest BCUT2D eigenvalue weighted by Crippen LogP contribution is -2.02. The molecule has 2 aromatic rings. The summed E-state index contributed by atoms with van der Waals surface area (Å²) in [6, 6.07) is 4.06. The second-order valence-electron chi connectivity index (χ2n) is 3.24. The SMILES string of the molecule is COC(=O)c1cc(F)cc(-c2csnc2Br)c1. The van der Waals surface area contributed by atoms with Crippen LogP contribution in [0.1, 0.15) is 10.4 Å². The van der Waals surface area contributed by atoms with Gasteiger partial charge in [0.05, 0.1) is 12.7 Å². The minimum absolute atomic E-state index is 0.181. The molecule has 17 heavy (non-hydrogen) atoms. The first-order valence-corrected chi connectivity index (χ1v) is 6.24. The van der Waals surface area contributed by atoms with Crippen molar-refractivity contribution in [2.75, 3.05) is 7.11 Å². The maximum absolute atomic E-state index is 13.4. The Bertz CT molecular complexity index is 570. The second kappa shape index (κ2) is 4.93. The van der Waals surface area contributed by atoms with Gasteiger partial charge in [-0.1, -0.05) is 0 Å². The molecule has 6 heteroatoms. The molecule has 0 fully saturated rings. The molecule has 0 radical (unpaired) electrons. The van der Waals surface area contributed by atoms with E-state index in [9.17, 15) is 9.18 Å². The fourth-order valence-corrected chi connectivity index (χ4v) is 2.73. The van der Waals surface area contributed by atoms with Gasteiger partial charge < -0.3 is 4.74 Å². The van der Waals surface area contributed by atoms with Crippen LogP contribution in [0.15, 0.2) is 28.2 Å². The van der Waals surface area contributed by atoms with E-state index in [1.54, 1.807) is 11.4 Å². The maximum atomic E-state index is 13.4. The molecule has 0 unspecified atom stereocenters. The van der Waals surface area contributed by atoms with Crippen molar-refractivity contribution >= 4 is 33.4 Å². The van der Waals surface area contributed by atoms with E-state index in [0.717, 1.165) is 11.6 Å². The van der Waals surface area contributed by atoms with Gasteiger partial charge in [0.2, 0.25) is 0 Å². The summed E-state index contributed by atoms with van der Waals surface area (Å²) in [4.78, 5) is 11.4. The number of hydrogen-bond donors (Lipinski definition) is 0. The first-order valence-electron chi connectivity index (χ1n) is 4.61. The molecule has 0 spiro atoms. The fourth-order valence-electron chi connectivity index (χ4n) is 1.39. The van der Waals surface area contributed by atoms with Crippen LogP contribution in [-0.2, 0) is 4.74 Å². The van der Waals surface area contributed by atoms with E-state index in [2.05, 4.69) is 25.0 Å². The van der Waals surface area contributed by atoms with Gasteiger partial charge in [-0.05, 0) is 51.2 Å². The Morgan fingerprint density at radius 1 is 1.47 bits per heavy atom. The smallest absolute Gasteiger partial charge is 0.337 e. The lowest BCUT2D eigenvalue weighted by Gasteiger charge is -2.03. The fraction of sp³-hybridized carbons (Fsp3) is 0.0909. The summed E-state index contributed by atoms with van der Waals surface area (Å²) < 4.78 is 22.6. The minimum atomic E-state index is -0.565. The lowest BCUT2D eigenvalue weighted by molar-refractivity contribution is 0.0600. The molecule has 0 saturated carbocycles. The number of carbonyl (C=O) groups is 1. The molecular formula is C11H7BrFNO2S. The molecule has 0 aliphatic carbocycles. The molecule has 0 amide bonds. The zero-order valence-electron chi connectivity index (χ0n) is 8.74. The van der Waals surface area contributed by atoms with Crippen LogP contribution < -0.4 is 0 Å². The molecule has 88 valence electrons. The molecule has 0 aliphatic heterocycles. The van der Waals surface area contributed by atoms with Gasteiger partial charge >= 0.3 is 5.97 Å². The van der Waals surface area contributed by atoms with Crippen LogP contribution in [0.5, 0.6) is 0 Å². The van der Waals surface area contributed by atoms with E-state index in [1.165, 1.54) is 24.7 Å². The van der Waals surface area contributed by atoms with Crippen LogP contribution in [0.25, 0.3) is 11.1 Å². The van der Waals surface area contributed by atoms with Crippen molar-refractivity contribution < 1.29 is 13.9 Å². The third kappa shape index (κ3) is 2.53. The van der Waals surface area contributed by atoms with Gasteiger partial charge in [0.15, 0.2) is 0 Å². The number of nitrogens with zero attached hydrogens (tertiary/aromatic N) is 1. The molecule has 1 aromatic heterocycles. The van der Waals surface area contributed by atoms with Crippen LogP contribution >= 0.6 is 27.5 Å². The number of carbonyl (C=O) groups excluding carboxylic acids is 1. The highest BCUT2D eigenvalue weighted by atomic mass is 79.9. The topological polar surface area (TPSA) is 39.2 Å². The van der Waals surface area contributed by atoms with Crippen LogP contribution in [-0.4, -0.2) is 17.5 Å². The predicted molar refractivity (Wildman–Crippen MR) is 66.5 cm³/mol. The molecule has 0 N–H and O–H groups in total. The average Bonchev–Trinajstić information content (AvgIpc) is 2.73. The predicted octanol–water partition coefficient (Wildman–Crippen LogP) is 3.50. The highest BCUT2D eigenvalue weighted by molar-refractivity contribution is 9.10. The van der Waals surface area contributed by atoms with Crippen molar-refractivity contribution in [2.24, 2.45) is 0 Å². The van der Waals surface area contributed by atoms with E-state index in [1.807, 2.05) is 0 Å². The monoisotopic (exact) mass is 315 g/mol. The molecule has 0 saturated heterocycles. The highest BCUT2D eigenvalue weighted by Gasteiger charge is 2.12. The van der Waals surface area contributed by atoms with E-state index in [0.29, 0.717) is 10.2 Å². The first-order chi connectivity index (χ1) is 8.11. The lowest BCUT2D eigenvalue weighted by atomic mass is 10.1. The maximum Gasteiger partial charge on any atom is 0.337 e. The van der Waals surface area contributed by atoms with Crippen LogP contribution in [0.3, 0.4) is 0 Å². The third-order valence-electron chi connectivity index (χ3n) is 2.16. The normalized spacial score (nSPS) is 10.3. The summed E-state index contributed by atoms with van der Waals surface area (Å²) >= 11 is 4.52. The standard InChI is InChI=1S/C11H7BrFNO2S/c1-16-11(15)7-2-6(3-8(13)4-7)9-5-17-14-10(9)12/h2-5H,1H3. The molecule has 3 nitrogen and oxygen atoms in total. The zero-order valence-corrected chi connectivity index (χ0v) is 11.1. The summed E-state index contributed by atoms with van der Waals surface area (Å²) in [6.45, 7) is 0. The van der Waals surface area contributed by atoms with Gasteiger partial charge in [-0.3, -0.25) is 0 Å². The zero-order chi connectivity index (χ0) is 12.4. The van der Waals surface area contributed by atoms with Crippen molar-refractivity contribution in [1.29, 1.82) is 0 Å². The Balaban J connectivity index is 2.53. The Morgan fingerprint density at radius 3 is 2.82 bits per heavy atom. The number of methoxy groups -OCH3 is 1. The number of esters is 1. The Morgan fingerprint density at radius 2 is 2.24 bits per heavy atom. The average molecular weight is 316 g/mol. The second-order valence-corrected chi connectivity index (χ2v) is 4.62. The molecule has 2 rings (SSSR count). The van der Waals surface area contributed by atoms with Crippen molar-refractivity contribution in [3.8, 4) is 11.1 Å². The summed E-state index contributed by atoms with van der Waals surface area (Å²) in [5.41, 5.74) is 1.52. The van der Waals surface area contributed by atoms with Crippen molar-refractivity contribution in [3.63, 3.8) is 0 Å². The van der Waals surface area contributed by atoms with Gasteiger partial charge in [0.1, 0.15) is 10.4 Å². The Kier molecular flexibility index (Phi) is 3.54. The molecule has 0 aliphatic rings. The largest absolute Gasteiger partial charge is 0.465 e. The minimum Gasteiger partial charge on any atom is -0.465 e. The van der Waals surface area contributed by atoms with Gasteiger partial charge in [-0.15, -0.1) is 0 Å². The number of rotatable bonds is 2. The van der Waals surface area contributed by atoms with E-state index >= 15 is 0 Å². The quantitative estimate of drug-likeness (QED) is 0.796. The number of hydrogen-bond acceptors (Lipinski definition) is 4. The number of ether oxygens (including phenoxy) is 1. The van der Waals surface area contributed by atoms with E-state index in [-0.39, 0.29) is 5.56 Å². The third-order valence-corrected chi connectivity index (χ3v) is 3.62. The Labute approximate surface area is 110 Å². The van der Waals surface area contributed by atoms with Gasteiger partial charge in [-0.2, -0.15) is 4.37 Å². The summed E-state index contributed by atoms with van der Waals surface area (Å²) in [6.07, 6.45) is 0. The first kappa shape index (κ1) is 12.2. The van der Waals surface area contributed by atoms with Gasteiger partial charge in [0.25, 0.3) is 0 Å². The summed E-state index contributed by atoms with van der Waals surface area (Å²) in [5, 5.41) is 1.78. The molecule has 1 aromatic carbocycles. The molecule has 1 heterocycles. The van der Waals surface area contributed by atoms with Gasteiger partial charge in [-0.25, -0.2) is 9.18 Å². The van der Waals surface area contributed by atoms with Crippen molar-refractivity contribution in [2.45, 2.75) is 0 Å². The molecule has 0 bridgehead atoms. The van der Waals surface area contributed by atoms with Gasteiger partial charge in [0, 0.05) is 10.9 Å².